The SMILES string of the molecule is CC(=O)N[C@@]1([As](=O)(O)OO)C=CC=CC1.CC(O)CCl. The van der Waals surface area contributed by atoms with Crippen molar-refractivity contribution >= 4 is 31.7 Å². The first-order valence-electron chi connectivity index (χ1n) is 5.74. The van der Waals surface area contributed by atoms with E-state index < -0.39 is 24.4 Å². The number of rotatable bonds is 4. The number of allylic oxidation sites excluding steroid dienone is 2. The Bertz CT molecular complexity index is 425. The molecule has 0 bridgehead atoms. The summed E-state index contributed by atoms with van der Waals surface area (Å²) in [6, 6.07) is 0. The van der Waals surface area contributed by atoms with Crippen LogP contribution in [0.3, 0.4) is 0 Å². The van der Waals surface area contributed by atoms with Gasteiger partial charge < -0.3 is 5.11 Å². The van der Waals surface area contributed by atoms with Crippen LogP contribution in [-0.2, 0) is 12.4 Å². The molecule has 1 rings (SSSR count). The largest absolute Gasteiger partial charge is 0.392 e. The molecule has 0 spiro atoms. The van der Waals surface area contributed by atoms with Crippen LogP contribution in [0, 0.1) is 0 Å². The first-order chi connectivity index (χ1) is 9.20. The summed E-state index contributed by atoms with van der Waals surface area (Å²) < 4.78 is 23.3. The minimum absolute atomic E-state index is 0.108. The average Bonchev–Trinajstić information content (AvgIpc) is 2.39. The second-order valence-electron chi connectivity index (χ2n) is 4.20. The van der Waals surface area contributed by atoms with Crippen LogP contribution < -0.4 is 5.32 Å². The normalized spacial score (nSPS) is 25.1. The maximum atomic E-state index is 11.6. The molecule has 20 heavy (non-hydrogen) atoms. The van der Waals surface area contributed by atoms with Crippen LogP contribution in [0.25, 0.3) is 0 Å². The molecule has 0 aromatic heterocycles. The Labute approximate surface area is 125 Å². The number of aliphatic hydroxyl groups is 1. The Hall–Kier alpha value is -0.562. The Morgan fingerprint density at radius 2 is 2.15 bits per heavy atom. The Kier molecular flexibility index (Phi) is 8.42. The second kappa shape index (κ2) is 8.66. The summed E-state index contributed by atoms with van der Waals surface area (Å²) in [7, 11) is 0. The molecular weight excluding hydrogens is 352 g/mol. The summed E-state index contributed by atoms with van der Waals surface area (Å²) in [6.07, 6.45) is 5.91. The average molecular weight is 372 g/mol. The maximum absolute atomic E-state index is 11.6. The monoisotopic (exact) mass is 371 g/mol. The van der Waals surface area contributed by atoms with Crippen LogP contribution in [0.5, 0.6) is 0 Å². The Balaban J connectivity index is 0.000000621. The number of hydrogen-bond acceptors (Lipinski definition) is 5. The second-order valence-corrected chi connectivity index (χ2v) is 8.71. The van der Waals surface area contributed by atoms with E-state index >= 15 is 0 Å². The number of alkyl halides is 1. The molecule has 0 fully saturated rings. The van der Waals surface area contributed by atoms with Gasteiger partial charge in [-0.2, -0.15) is 0 Å². The van der Waals surface area contributed by atoms with Crippen LogP contribution in [0.4, 0.5) is 0 Å². The molecule has 0 aliphatic heterocycles. The molecule has 0 radical (unpaired) electrons. The minimum Gasteiger partial charge on any atom is -0.392 e. The maximum Gasteiger partial charge on any atom is 0.0647 e. The van der Waals surface area contributed by atoms with E-state index in [0.29, 0.717) is 5.88 Å². The summed E-state index contributed by atoms with van der Waals surface area (Å²) in [6.45, 7) is 2.87. The van der Waals surface area contributed by atoms with Crippen molar-refractivity contribution in [3.05, 3.63) is 24.3 Å². The van der Waals surface area contributed by atoms with Crippen molar-refractivity contribution < 1.29 is 26.9 Å². The molecule has 0 saturated heterocycles. The molecule has 7 nitrogen and oxygen atoms in total. The van der Waals surface area contributed by atoms with Crippen molar-refractivity contribution in [2.75, 3.05) is 5.88 Å². The van der Waals surface area contributed by atoms with E-state index in [1.165, 1.54) is 19.1 Å². The third kappa shape index (κ3) is 5.83. The van der Waals surface area contributed by atoms with Gasteiger partial charge in [-0.3, -0.25) is 0 Å². The van der Waals surface area contributed by atoms with Gasteiger partial charge in [-0.1, -0.05) is 0 Å². The molecule has 1 aliphatic rings. The van der Waals surface area contributed by atoms with E-state index in [1.807, 2.05) is 0 Å². The Morgan fingerprint density at radius 3 is 2.45 bits per heavy atom. The van der Waals surface area contributed by atoms with Crippen molar-refractivity contribution in [2.24, 2.45) is 0 Å². The molecule has 2 unspecified atom stereocenters. The molecule has 116 valence electrons. The number of carbonyl (C=O) groups is 1. The van der Waals surface area contributed by atoms with E-state index in [9.17, 15) is 12.6 Å². The molecule has 0 heterocycles. The third-order valence-corrected chi connectivity index (χ3v) is 6.24. The minimum atomic E-state index is -5.02. The van der Waals surface area contributed by atoms with Crippen molar-refractivity contribution in [3.8, 4) is 0 Å². The molecule has 0 aromatic carbocycles. The summed E-state index contributed by atoms with van der Waals surface area (Å²) in [5.74, 6) is -0.136. The first kappa shape index (κ1) is 19.4. The van der Waals surface area contributed by atoms with Gasteiger partial charge in [0.15, 0.2) is 0 Å². The quantitative estimate of drug-likeness (QED) is 0.246. The molecule has 0 aromatic rings. The smallest absolute Gasteiger partial charge is 0.0647 e. The number of hydrogen-bond donors (Lipinski definition) is 4. The Morgan fingerprint density at radius 1 is 1.60 bits per heavy atom. The van der Waals surface area contributed by atoms with E-state index in [2.05, 4.69) is 9.19 Å². The van der Waals surface area contributed by atoms with Crippen LogP contribution >= 0.6 is 11.6 Å². The van der Waals surface area contributed by atoms with Crippen molar-refractivity contribution in [3.63, 3.8) is 0 Å². The van der Waals surface area contributed by atoms with Gasteiger partial charge in [0.25, 0.3) is 0 Å². The predicted octanol–water partition coefficient (Wildman–Crippen LogP) is 0.374. The summed E-state index contributed by atoms with van der Waals surface area (Å²) in [5.41, 5.74) is 0. The fraction of sp³-hybridized carbons (Fsp3) is 0.545. The number of aliphatic hydroxyl groups excluding tert-OH is 1. The van der Waals surface area contributed by atoms with Gasteiger partial charge in [0.05, 0.1) is 6.10 Å². The van der Waals surface area contributed by atoms with Gasteiger partial charge >= 0.3 is 89.1 Å². The zero-order valence-electron chi connectivity index (χ0n) is 11.2. The fourth-order valence-electron chi connectivity index (χ4n) is 1.36. The standard InChI is InChI=1S/C8H12AsNO5.C3H7ClO/c1-7(11)10-8(9(12,13)15-14)5-3-2-4-6-8;1-3(5)2-4/h2-5,14H,6H2,1H3,(H,10,11)(H,12,13);3,5H,2H2,1H3/t8-;/m0./s1. The van der Waals surface area contributed by atoms with Gasteiger partial charge in [0.1, 0.15) is 0 Å². The topological polar surface area (TPSA) is 116 Å². The van der Waals surface area contributed by atoms with Crippen LogP contribution in [0.1, 0.15) is 20.3 Å². The molecule has 1 amide bonds. The van der Waals surface area contributed by atoms with Crippen LogP contribution in [0.15, 0.2) is 24.3 Å². The molecule has 1 aliphatic carbocycles. The fourth-order valence-corrected chi connectivity index (χ4v) is 3.57. The number of nitrogens with one attached hydrogen (secondary N) is 1. The van der Waals surface area contributed by atoms with Crippen molar-refractivity contribution in [1.29, 1.82) is 0 Å². The molecule has 9 heteroatoms. The number of carbonyl (C=O) groups excluding carboxylic acids is 1. The van der Waals surface area contributed by atoms with Crippen LogP contribution in [0.2, 0.25) is 0 Å². The van der Waals surface area contributed by atoms with Gasteiger partial charge in [0.2, 0.25) is 0 Å². The summed E-state index contributed by atoms with van der Waals surface area (Å²) in [4.78, 5) is 11.0. The third-order valence-electron chi connectivity index (χ3n) is 2.28. The van der Waals surface area contributed by atoms with E-state index in [4.69, 9.17) is 22.0 Å². The van der Waals surface area contributed by atoms with Crippen molar-refractivity contribution in [2.45, 2.75) is 30.7 Å². The number of amides is 1. The summed E-state index contributed by atoms with van der Waals surface area (Å²) >= 11 is 0.0694. The molecule has 4 N–H and O–H groups in total. The van der Waals surface area contributed by atoms with E-state index in [1.54, 1.807) is 19.1 Å². The molecule has 0 saturated carbocycles. The molecule has 3 atom stereocenters. The zero-order chi connectivity index (χ0) is 15.8. The summed E-state index contributed by atoms with van der Waals surface area (Å²) in [5, 5.41) is 19.0. The predicted molar refractivity (Wildman–Crippen MR) is 74.2 cm³/mol. The van der Waals surface area contributed by atoms with E-state index in [0.717, 1.165) is 0 Å². The van der Waals surface area contributed by atoms with Gasteiger partial charge in [0, 0.05) is 5.88 Å². The zero-order valence-corrected chi connectivity index (χ0v) is 13.8. The van der Waals surface area contributed by atoms with Crippen LogP contribution in [-0.4, -0.2) is 50.8 Å². The molecular formula is C11H19AsClNO6. The van der Waals surface area contributed by atoms with Gasteiger partial charge in [-0.05, 0) is 6.92 Å². The van der Waals surface area contributed by atoms with Crippen molar-refractivity contribution in [1.82, 2.24) is 5.32 Å². The van der Waals surface area contributed by atoms with Gasteiger partial charge in [-0.15, -0.1) is 11.6 Å². The first-order valence-corrected chi connectivity index (χ1v) is 9.58. The number of halogens is 1. The van der Waals surface area contributed by atoms with E-state index in [-0.39, 0.29) is 12.5 Å². The van der Waals surface area contributed by atoms with Gasteiger partial charge in [-0.25, -0.2) is 0 Å².